The van der Waals surface area contributed by atoms with Crippen LogP contribution in [-0.2, 0) is 0 Å². The van der Waals surface area contributed by atoms with Crippen molar-refractivity contribution in [3.05, 3.63) is 29.6 Å². The molecule has 0 spiro atoms. The molecule has 1 atom stereocenters. The van der Waals surface area contributed by atoms with Crippen molar-refractivity contribution >= 4 is 0 Å². The van der Waals surface area contributed by atoms with Gasteiger partial charge in [0.2, 0.25) is 0 Å². The fourth-order valence-electron chi connectivity index (χ4n) is 1.23. The maximum Gasteiger partial charge on any atom is 0.0574 e. The summed E-state index contributed by atoms with van der Waals surface area (Å²) in [5.74, 6) is 0. The van der Waals surface area contributed by atoms with E-state index in [-0.39, 0.29) is 12.6 Å². The molecule has 0 aliphatic carbocycles. The van der Waals surface area contributed by atoms with Crippen molar-refractivity contribution in [2.24, 2.45) is 5.73 Å². The third-order valence-corrected chi connectivity index (χ3v) is 1.96. The largest absolute Gasteiger partial charge is 0.396 e. The van der Waals surface area contributed by atoms with Crippen molar-refractivity contribution < 1.29 is 5.11 Å². The number of nitrogens with zero attached hydrogens (tertiary/aromatic N) is 1. The summed E-state index contributed by atoms with van der Waals surface area (Å²) in [7, 11) is 0. The summed E-state index contributed by atoms with van der Waals surface area (Å²) in [5.41, 5.74) is 7.77. The Bertz CT molecular complexity index is 263. The zero-order valence-corrected chi connectivity index (χ0v) is 7.90. The van der Waals surface area contributed by atoms with E-state index in [4.69, 9.17) is 10.8 Å². The molecule has 72 valence electrons. The van der Waals surface area contributed by atoms with Crippen LogP contribution in [0.4, 0.5) is 0 Å². The quantitative estimate of drug-likeness (QED) is 0.731. The Morgan fingerprint density at radius 3 is 2.92 bits per heavy atom. The summed E-state index contributed by atoms with van der Waals surface area (Å²) in [6, 6.07) is 5.78. The molecule has 0 bridgehead atoms. The third kappa shape index (κ3) is 3.13. The van der Waals surface area contributed by atoms with Gasteiger partial charge >= 0.3 is 0 Å². The number of aromatic nitrogens is 1. The molecule has 0 saturated carbocycles. The van der Waals surface area contributed by atoms with E-state index in [1.807, 2.05) is 25.1 Å². The fourth-order valence-corrected chi connectivity index (χ4v) is 1.23. The van der Waals surface area contributed by atoms with Gasteiger partial charge in [0.05, 0.1) is 5.69 Å². The van der Waals surface area contributed by atoms with Crippen LogP contribution >= 0.6 is 0 Å². The second kappa shape index (κ2) is 4.94. The molecule has 3 nitrogen and oxygen atoms in total. The van der Waals surface area contributed by atoms with Crippen LogP contribution in [0, 0.1) is 6.92 Å². The lowest BCUT2D eigenvalue weighted by atomic mass is 10.1. The van der Waals surface area contributed by atoms with E-state index < -0.39 is 0 Å². The Kier molecular flexibility index (Phi) is 3.86. The molecule has 0 aliphatic rings. The van der Waals surface area contributed by atoms with Crippen LogP contribution in [0.1, 0.15) is 30.3 Å². The van der Waals surface area contributed by atoms with Gasteiger partial charge in [-0.1, -0.05) is 6.07 Å². The van der Waals surface area contributed by atoms with Crippen LogP contribution in [0.5, 0.6) is 0 Å². The van der Waals surface area contributed by atoms with Crippen LogP contribution < -0.4 is 5.73 Å². The van der Waals surface area contributed by atoms with Gasteiger partial charge in [0, 0.05) is 18.3 Å². The molecule has 3 heteroatoms. The molecule has 1 aromatic heterocycles. The van der Waals surface area contributed by atoms with Crippen molar-refractivity contribution in [1.82, 2.24) is 4.98 Å². The standard InChI is InChI=1S/C10H16N2O/c1-8-4-2-6-10(12-8)9(11)5-3-7-13/h2,4,6,9,13H,3,5,7,11H2,1H3/t9-/m1/s1. The molecular weight excluding hydrogens is 164 g/mol. The molecule has 3 N–H and O–H groups in total. The smallest absolute Gasteiger partial charge is 0.0574 e. The topological polar surface area (TPSA) is 59.1 Å². The lowest BCUT2D eigenvalue weighted by Gasteiger charge is -2.10. The van der Waals surface area contributed by atoms with Crippen molar-refractivity contribution in [2.45, 2.75) is 25.8 Å². The van der Waals surface area contributed by atoms with Gasteiger partial charge < -0.3 is 10.8 Å². The summed E-state index contributed by atoms with van der Waals surface area (Å²) in [5, 5.41) is 8.64. The van der Waals surface area contributed by atoms with E-state index in [1.165, 1.54) is 0 Å². The highest BCUT2D eigenvalue weighted by atomic mass is 16.2. The molecule has 0 aromatic carbocycles. The predicted octanol–water partition coefficient (Wildman–Crippen LogP) is 1.16. The van der Waals surface area contributed by atoms with Gasteiger partial charge in [0.1, 0.15) is 0 Å². The Morgan fingerprint density at radius 2 is 2.31 bits per heavy atom. The van der Waals surface area contributed by atoms with Gasteiger partial charge in [-0.15, -0.1) is 0 Å². The molecule has 1 aromatic rings. The summed E-state index contributed by atoms with van der Waals surface area (Å²) in [6.07, 6.45) is 1.52. The molecule has 0 unspecified atom stereocenters. The highest BCUT2D eigenvalue weighted by Crippen LogP contribution is 2.12. The van der Waals surface area contributed by atoms with Crippen LogP contribution in [0.2, 0.25) is 0 Å². The first-order valence-corrected chi connectivity index (χ1v) is 4.54. The van der Waals surface area contributed by atoms with Crippen molar-refractivity contribution in [2.75, 3.05) is 6.61 Å². The average molecular weight is 180 g/mol. The number of rotatable bonds is 4. The Balaban J connectivity index is 2.60. The van der Waals surface area contributed by atoms with E-state index >= 15 is 0 Å². The molecule has 1 heterocycles. The zero-order valence-electron chi connectivity index (χ0n) is 7.90. The lowest BCUT2D eigenvalue weighted by Crippen LogP contribution is -2.12. The molecule has 13 heavy (non-hydrogen) atoms. The normalized spacial score (nSPS) is 12.8. The van der Waals surface area contributed by atoms with Crippen LogP contribution in [-0.4, -0.2) is 16.7 Å². The first-order chi connectivity index (χ1) is 6.24. The average Bonchev–Trinajstić information content (AvgIpc) is 2.14. The maximum atomic E-state index is 8.64. The lowest BCUT2D eigenvalue weighted by molar-refractivity contribution is 0.279. The molecule has 0 aliphatic heterocycles. The van der Waals surface area contributed by atoms with Crippen LogP contribution in [0.25, 0.3) is 0 Å². The number of aliphatic hydroxyl groups excluding tert-OH is 1. The summed E-state index contributed by atoms with van der Waals surface area (Å²) >= 11 is 0. The highest BCUT2D eigenvalue weighted by Gasteiger charge is 2.06. The van der Waals surface area contributed by atoms with Gasteiger partial charge in [-0.25, -0.2) is 0 Å². The Labute approximate surface area is 78.6 Å². The molecule has 0 fully saturated rings. The van der Waals surface area contributed by atoms with Gasteiger partial charge in [-0.2, -0.15) is 0 Å². The van der Waals surface area contributed by atoms with Crippen molar-refractivity contribution in [3.63, 3.8) is 0 Å². The van der Waals surface area contributed by atoms with E-state index in [9.17, 15) is 0 Å². The minimum Gasteiger partial charge on any atom is -0.396 e. The van der Waals surface area contributed by atoms with Gasteiger partial charge in [0.15, 0.2) is 0 Å². The second-order valence-corrected chi connectivity index (χ2v) is 3.18. The number of pyridine rings is 1. The Morgan fingerprint density at radius 1 is 1.54 bits per heavy atom. The molecule has 0 radical (unpaired) electrons. The monoisotopic (exact) mass is 180 g/mol. The van der Waals surface area contributed by atoms with E-state index in [0.717, 1.165) is 24.2 Å². The van der Waals surface area contributed by atoms with Crippen LogP contribution in [0.3, 0.4) is 0 Å². The molecule has 1 rings (SSSR count). The second-order valence-electron chi connectivity index (χ2n) is 3.18. The minimum atomic E-state index is -0.0490. The number of hydrogen-bond donors (Lipinski definition) is 2. The van der Waals surface area contributed by atoms with E-state index in [0.29, 0.717) is 0 Å². The number of aryl methyl sites for hydroxylation is 1. The number of hydrogen-bond acceptors (Lipinski definition) is 3. The Hall–Kier alpha value is -0.930. The summed E-state index contributed by atoms with van der Waals surface area (Å²) in [4.78, 5) is 4.32. The van der Waals surface area contributed by atoms with Gasteiger partial charge in [-0.3, -0.25) is 4.98 Å². The third-order valence-electron chi connectivity index (χ3n) is 1.96. The minimum absolute atomic E-state index is 0.0490. The first-order valence-electron chi connectivity index (χ1n) is 4.54. The zero-order chi connectivity index (χ0) is 9.68. The highest BCUT2D eigenvalue weighted by molar-refractivity contribution is 5.12. The van der Waals surface area contributed by atoms with Crippen molar-refractivity contribution in [3.8, 4) is 0 Å². The number of nitrogens with two attached hydrogens (primary N) is 1. The first kappa shape index (κ1) is 10.2. The van der Waals surface area contributed by atoms with Gasteiger partial charge in [-0.05, 0) is 31.9 Å². The van der Waals surface area contributed by atoms with E-state index in [1.54, 1.807) is 0 Å². The van der Waals surface area contributed by atoms with Crippen LogP contribution in [0.15, 0.2) is 18.2 Å². The number of aliphatic hydroxyl groups is 1. The summed E-state index contributed by atoms with van der Waals surface area (Å²) < 4.78 is 0. The molecule has 0 amide bonds. The fraction of sp³-hybridized carbons (Fsp3) is 0.500. The predicted molar refractivity (Wildman–Crippen MR) is 52.2 cm³/mol. The van der Waals surface area contributed by atoms with Crippen molar-refractivity contribution in [1.29, 1.82) is 0 Å². The SMILES string of the molecule is Cc1cccc([C@H](N)CCCO)n1. The maximum absolute atomic E-state index is 8.64. The molecule has 0 saturated heterocycles. The van der Waals surface area contributed by atoms with Gasteiger partial charge in [0.25, 0.3) is 0 Å². The summed E-state index contributed by atoms with van der Waals surface area (Å²) in [6.45, 7) is 2.14. The van der Waals surface area contributed by atoms with E-state index in [2.05, 4.69) is 4.98 Å². The molecular formula is C10H16N2O.